The van der Waals surface area contributed by atoms with Gasteiger partial charge in [-0.15, -0.1) is 0 Å². The number of aliphatic carboxylic acids is 1. The van der Waals surface area contributed by atoms with Crippen LogP contribution in [0.15, 0.2) is 0 Å². The number of primary amides is 2. The molecular weight excluding hydrogens is 428 g/mol. The van der Waals surface area contributed by atoms with Crippen LogP contribution in [0.4, 0.5) is 0 Å². The van der Waals surface area contributed by atoms with Gasteiger partial charge in [-0.1, -0.05) is 0 Å². The highest BCUT2D eigenvalue weighted by Crippen LogP contribution is 2.19. The van der Waals surface area contributed by atoms with Gasteiger partial charge < -0.3 is 42.9 Å². The van der Waals surface area contributed by atoms with Gasteiger partial charge in [-0.3, -0.25) is 24.0 Å². The molecule has 1 aliphatic rings. The summed E-state index contributed by atoms with van der Waals surface area (Å²) >= 11 is 0. The minimum absolute atomic E-state index is 0.138. The fourth-order valence-electron chi connectivity index (χ4n) is 3.25. The number of nitrogens with one attached hydrogen (secondary N) is 2. The zero-order chi connectivity index (χ0) is 24.6. The maximum absolute atomic E-state index is 12.8. The number of rotatable bonds is 12. The molecule has 0 spiro atoms. The predicted octanol–water partition coefficient (Wildman–Crippen LogP) is -4.12. The fraction of sp³-hybridized carbons (Fsp3) is 0.667. The van der Waals surface area contributed by atoms with E-state index in [1.807, 2.05) is 0 Å². The number of amides is 5. The summed E-state index contributed by atoms with van der Waals surface area (Å²) in [4.78, 5) is 72.3. The van der Waals surface area contributed by atoms with Crippen molar-refractivity contribution >= 4 is 35.5 Å². The molecule has 32 heavy (non-hydrogen) atoms. The van der Waals surface area contributed by atoms with E-state index in [9.17, 15) is 39.0 Å². The van der Waals surface area contributed by atoms with Crippen molar-refractivity contribution in [2.45, 2.75) is 69.3 Å². The molecular formula is C18H30N6O8. The average molecular weight is 458 g/mol. The van der Waals surface area contributed by atoms with Gasteiger partial charge in [-0.25, -0.2) is 4.79 Å². The number of aliphatic hydroxyl groups is 1. The van der Waals surface area contributed by atoms with Crippen molar-refractivity contribution in [3.8, 4) is 0 Å². The van der Waals surface area contributed by atoms with Crippen LogP contribution in [-0.4, -0.2) is 87.4 Å². The monoisotopic (exact) mass is 458 g/mol. The minimum Gasteiger partial charge on any atom is -0.480 e. The Balaban J connectivity index is 2.98. The molecule has 14 heteroatoms. The second-order valence-corrected chi connectivity index (χ2v) is 7.60. The molecule has 1 rings (SSSR count). The Labute approximate surface area is 183 Å². The Morgan fingerprint density at radius 2 is 1.69 bits per heavy atom. The molecule has 5 atom stereocenters. The van der Waals surface area contributed by atoms with E-state index in [4.69, 9.17) is 17.2 Å². The molecule has 1 heterocycles. The van der Waals surface area contributed by atoms with Crippen molar-refractivity contribution in [1.82, 2.24) is 15.5 Å². The predicted molar refractivity (Wildman–Crippen MR) is 108 cm³/mol. The number of hydrogen-bond acceptors (Lipinski definition) is 8. The molecule has 0 radical (unpaired) electrons. The van der Waals surface area contributed by atoms with Crippen LogP contribution in [0.3, 0.4) is 0 Å². The molecule has 5 amide bonds. The summed E-state index contributed by atoms with van der Waals surface area (Å²) in [6, 6.07) is -5.32. The number of aliphatic hydroxyl groups excluding tert-OH is 1. The van der Waals surface area contributed by atoms with Crippen LogP contribution in [0.1, 0.15) is 39.0 Å². The van der Waals surface area contributed by atoms with E-state index in [2.05, 4.69) is 10.6 Å². The van der Waals surface area contributed by atoms with Crippen LogP contribution in [0.5, 0.6) is 0 Å². The van der Waals surface area contributed by atoms with Crippen molar-refractivity contribution in [3.05, 3.63) is 0 Å². The second kappa shape index (κ2) is 12.0. The van der Waals surface area contributed by atoms with Gasteiger partial charge in [-0.2, -0.15) is 0 Å². The Hall–Kier alpha value is -3.26. The summed E-state index contributed by atoms with van der Waals surface area (Å²) in [5.41, 5.74) is 15.6. The first-order valence-corrected chi connectivity index (χ1v) is 9.99. The van der Waals surface area contributed by atoms with Crippen LogP contribution in [0, 0.1) is 0 Å². The van der Waals surface area contributed by atoms with Crippen LogP contribution in [-0.2, 0) is 28.8 Å². The third-order valence-electron chi connectivity index (χ3n) is 4.94. The summed E-state index contributed by atoms with van der Waals surface area (Å²) in [6.07, 6.45) is -1.76. The smallest absolute Gasteiger partial charge is 0.326 e. The van der Waals surface area contributed by atoms with Gasteiger partial charge in [-0.05, 0) is 26.2 Å². The molecule has 0 aromatic rings. The lowest BCUT2D eigenvalue weighted by Crippen LogP contribution is -2.60. The lowest BCUT2D eigenvalue weighted by atomic mass is 10.1. The van der Waals surface area contributed by atoms with E-state index >= 15 is 0 Å². The summed E-state index contributed by atoms with van der Waals surface area (Å²) in [5, 5.41) is 23.9. The second-order valence-electron chi connectivity index (χ2n) is 7.60. The lowest BCUT2D eigenvalue weighted by Gasteiger charge is -2.30. The van der Waals surface area contributed by atoms with Crippen molar-refractivity contribution in [1.29, 1.82) is 0 Å². The number of carboxylic acid groups (broad SMARTS) is 1. The van der Waals surface area contributed by atoms with Gasteiger partial charge >= 0.3 is 5.97 Å². The van der Waals surface area contributed by atoms with E-state index in [1.165, 1.54) is 6.92 Å². The number of carbonyl (C=O) groups excluding carboxylic acids is 5. The third-order valence-corrected chi connectivity index (χ3v) is 4.94. The average Bonchev–Trinajstić information content (AvgIpc) is 3.17. The SMILES string of the molecule is CC(O)C(NC(=O)C(CCC(N)=O)NC(=O)C(N)CC(N)=O)C(=O)N1CCCC1C(=O)O. The summed E-state index contributed by atoms with van der Waals surface area (Å²) < 4.78 is 0. The molecule has 1 fully saturated rings. The van der Waals surface area contributed by atoms with Gasteiger partial charge in [0, 0.05) is 13.0 Å². The minimum atomic E-state index is -1.50. The highest BCUT2D eigenvalue weighted by atomic mass is 16.4. The van der Waals surface area contributed by atoms with E-state index < -0.39 is 72.2 Å². The maximum atomic E-state index is 12.8. The number of carboxylic acids is 1. The van der Waals surface area contributed by atoms with Gasteiger partial charge in [0.2, 0.25) is 29.5 Å². The first kappa shape index (κ1) is 26.8. The Morgan fingerprint density at radius 1 is 1.06 bits per heavy atom. The topological polar surface area (TPSA) is 248 Å². The number of hydrogen-bond donors (Lipinski definition) is 7. The Kier molecular flexibility index (Phi) is 10.00. The largest absolute Gasteiger partial charge is 0.480 e. The van der Waals surface area contributed by atoms with Crippen LogP contribution in [0.2, 0.25) is 0 Å². The Bertz CT molecular complexity index is 758. The van der Waals surface area contributed by atoms with E-state index in [0.717, 1.165) is 4.90 Å². The zero-order valence-corrected chi connectivity index (χ0v) is 17.7. The van der Waals surface area contributed by atoms with E-state index in [0.29, 0.717) is 6.42 Å². The molecule has 1 saturated heterocycles. The third kappa shape index (κ3) is 7.77. The highest BCUT2D eigenvalue weighted by Gasteiger charge is 2.40. The first-order valence-electron chi connectivity index (χ1n) is 9.99. The molecule has 1 aliphatic heterocycles. The van der Waals surface area contributed by atoms with Gasteiger partial charge in [0.05, 0.1) is 18.6 Å². The van der Waals surface area contributed by atoms with Crippen molar-refractivity contribution in [2.24, 2.45) is 17.2 Å². The molecule has 0 bridgehead atoms. The normalized spacial score (nSPS) is 19.3. The molecule has 0 aromatic carbocycles. The van der Waals surface area contributed by atoms with Crippen molar-refractivity contribution < 1.29 is 39.0 Å². The van der Waals surface area contributed by atoms with Gasteiger partial charge in [0.15, 0.2) is 0 Å². The highest BCUT2D eigenvalue weighted by molar-refractivity contribution is 5.95. The number of nitrogens with zero attached hydrogens (tertiary/aromatic N) is 1. The molecule has 0 saturated carbocycles. The molecule has 0 aliphatic carbocycles. The summed E-state index contributed by atoms with van der Waals surface area (Å²) in [6.45, 7) is 1.37. The van der Waals surface area contributed by atoms with Crippen LogP contribution in [0.25, 0.3) is 0 Å². The molecule has 10 N–H and O–H groups in total. The maximum Gasteiger partial charge on any atom is 0.326 e. The van der Waals surface area contributed by atoms with E-state index in [1.54, 1.807) is 0 Å². The fourth-order valence-corrected chi connectivity index (χ4v) is 3.25. The summed E-state index contributed by atoms with van der Waals surface area (Å²) in [5.74, 6) is -5.45. The lowest BCUT2D eigenvalue weighted by molar-refractivity contribution is -0.150. The van der Waals surface area contributed by atoms with E-state index in [-0.39, 0.29) is 25.8 Å². The van der Waals surface area contributed by atoms with Gasteiger partial charge in [0.25, 0.3) is 0 Å². The van der Waals surface area contributed by atoms with Crippen molar-refractivity contribution in [3.63, 3.8) is 0 Å². The number of carbonyl (C=O) groups is 6. The summed E-state index contributed by atoms with van der Waals surface area (Å²) in [7, 11) is 0. The first-order chi connectivity index (χ1) is 14.8. The standard InChI is InChI=1S/C18H30N6O8/c1-8(25)14(17(30)24-6-2-3-11(24)18(31)32)23-16(29)10(4-5-12(20)26)22-15(28)9(19)7-13(21)27/h8-11,14,25H,2-7,19H2,1H3,(H2,20,26)(H2,21,27)(H,22,28)(H,23,29)(H,31,32). The quantitative estimate of drug-likeness (QED) is 0.150. The molecule has 0 aromatic heterocycles. The molecule has 180 valence electrons. The Morgan fingerprint density at radius 3 is 2.19 bits per heavy atom. The molecule has 14 nitrogen and oxygen atoms in total. The number of nitrogens with two attached hydrogens (primary N) is 3. The van der Waals surface area contributed by atoms with Gasteiger partial charge in [0.1, 0.15) is 18.1 Å². The van der Waals surface area contributed by atoms with Crippen LogP contribution >= 0.6 is 0 Å². The number of likely N-dealkylation sites (tertiary alicyclic amines) is 1. The van der Waals surface area contributed by atoms with Crippen molar-refractivity contribution in [2.75, 3.05) is 6.54 Å². The molecule has 5 unspecified atom stereocenters. The zero-order valence-electron chi connectivity index (χ0n) is 17.7. The van der Waals surface area contributed by atoms with Crippen LogP contribution < -0.4 is 27.8 Å².